The van der Waals surface area contributed by atoms with Gasteiger partial charge < -0.3 is 14.5 Å². The molecule has 128 valence electrons. The molecular weight excluding hydrogens is 318 g/mol. The second-order valence-electron chi connectivity index (χ2n) is 5.78. The molecule has 25 heavy (non-hydrogen) atoms. The Kier molecular flexibility index (Phi) is 4.79. The molecule has 0 saturated carbocycles. The molecule has 1 amide bonds. The summed E-state index contributed by atoms with van der Waals surface area (Å²) >= 11 is 0. The Bertz CT molecular complexity index is 889. The first-order valence-corrected chi connectivity index (χ1v) is 7.96. The quantitative estimate of drug-likeness (QED) is 0.727. The topological polar surface area (TPSA) is 72.7 Å². The van der Waals surface area contributed by atoms with Gasteiger partial charge in [0.2, 0.25) is 0 Å². The normalized spacial score (nSPS) is 13.2. The van der Waals surface area contributed by atoms with E-state index in [1.165, 1.54) is 7.11 Å². The number of nitrogens with zero attached hydrogens (tertiary/aromatic N) is 2. The summed E-state index contributed by atoms with van der Waals surface area (Å²) < 4.78 is 6.62. The first-order chi connectivity index (χ1) is 12.1. The van der Waals surface area contributed by atoms with Crippen molar-refractivity contribution in [1.82, 2.24) is 14.7 Å². The number of benzene rings is 1. The highest BCUT2D eigenvalue weighted by Crippen LogP contribution is 2.23. The summed E-state index contributed by atoms with van der Waals surface area (Å²) in [6, 6.07) is 12.4. The molecular formula is C19H19N3O3. The molecule has 1 N–H and O–H groups in total. The van der Waals surface area contributed by atoms with Crippen molar-refractivity contribution < 1.29 is 14.3 Å². The summed E-state index contributed by atoms with van der Waals surface area (Å²) in [5.41, 5.74) is 2.10. The predicted octanol–water partition coefficient (Wildman–Crippen LogP) is 2.61. The van der Waals surface area contributed by atoms with Crippen molar-refractivity contribution >= 4 is 17.5 Å². The monoisotopic (exact) mass is 337 g/mol. The summed E-state index contributed by atoms with van der Waals surface area (Å²) in [4.78, 5) is 28.9. The van der Waals surface area contributed by atoms with Gasteiger partial charge in [0.15, 0.2) is 0 Å². The van der Waals surface area contributed by atoms with Crippen LogP contribution >= 0.6 is 0 Å². The molecule has 0 aliphatic carbocycles. The van der Waals surface area contributed by atoms with E-state index in [4.69, 9.17) is 4.74 Å². The summed E-state index contributed by atoms with van der Waals surface area (Å²) in [7, 11) is 1.34. The van der Waals surface area contributed by atoms with Crippen LogP contribution in [0, 0.1) is 5.92 Å². The number of pyridine rings is 1. The van der Waals surface area contributed by atoms with Crippen LogP contribution in [0.2, 0.25) is 0 Å². The minimum Gasteiger partial charge on any atom is -0.469 e. The van der Waals surface area contributed by atoms with Gasteiger partial charge in [-0.2, -0.15) is 0 Å². The first-order valence-electron chi connectivity index (χ1n) is 7.96. The molecule has 0 aliphatic heterocycles. The average Bonchev–Trinajstić information content (AvgIpc) is 3.13. The van der Waals surface area contributed by atoms with Crippen LogP contribution in [0.15, 0.2) is 61.1 Å². The number of hydrogen-bond acceptors (Lipinski definition) is 4. The number of carbonyl (C=O) groups is 2. The maximum atomic E-state index is 12.7. The smallest absolute Gasteiger partial charge is 0.310 e. The fourth-order valence-corrected chi connectivity index (χ4v) is 2.76. The number of hydrogen-bond donors (Lipinski definition) is 1. The van der Waals surface area contributed by atoms with Crippen LogP contribution in [-0.4, -0.2) is 28.4 Å². The van der Waals surface area contributed by atoms with Gasteiger partial charge in [-0.3, -0.25) is 9.59 Å². The number of methoxy groups -OCH3 is 1. The number of rotatable bonds is 5. The van der Waals surface area contributed by atoms with Gasteiger partial charge in [0.25, 0.3) is 5.91 Å². The third kappa shape index (κ3) is 3.52. The van der Waals surface area contributed by atoms with Crippen molar-refractivity contribution in [3.63, 3.8) is 0 Å². The molecule has 0 saturated heterocycles. The van der Waals surface area contributed by atoms with E-state index in [0.717, 1.165) is 11.2 Å². The van der Waals surface area contributed by atoms with Gasteiger partial charge in [0.05, 0.1) is 24.6 Å². The maximum Gasteiger partial charge on any atom is 0.310 e. The Hall–Kier alpha value is -3.15. The number of esters is 1. The largest absolute Gasteiger partial charge is 0.469 e. The van der Waals surface area contributed by atoms with Crippen LogP contribution < -0.4 is 5.32 Å². The van der Waals surface area contributed by atoms with Gasteiger partial charge >= 0.3 is 5.97 Å². The fourth-order valence-electron chi connectivity index (χ4n) is 2.76. The van der Waals surface area contributed by atoms with Crippen LogP contribution in [0.3, 0.4) is 0 Å². The third-order valence-corrected chi connectivity index (χ3v) is 4.17. The molecule has 0 bridgehead atoms. The lowest BCUT2D eigenvalue weighted by atomic mass is 9.94. The van der Waals surface area contributed by atoms with Crippen molar-refractivity contribution in [2.45, 2.75) is 13.0 Å². The van der Waals surface area contributed by atoms with E-state index in [0.29, 0.717) is 5.56 Å². The van der Waals surface area contributed by atoms with Crippen LogP contribution in [0.1, 0.15) is 28.9 Å². The van der Waals surface area contributed by atoms with E-state index < -0.39 is 12.0 Å². The third-order valence-electron chi connectivity index (χ3n) is 4.17. The lowest BCUT2D eigenvalue weighted by Crippen LogP contribution is -2.36. The molecule has 0 aliphatic rings. The number of ether oxygens (including phenoxy) is 1. The maximum absolute atomic E-state index is 12.7. The number of amides is 1. The fraction of sp³-hybridized carbons (Fsp3) is 0.211. The molecule has 0 radical (unpaired) electrons. The van der Waals surface area contributed by atoms with Gasteiger partial charge in [-0.25, -0.2) is 4.98 Å². The second-order valence-corrected chi connectivity index (χ2v) is 5.78. The predicted molar refractivity (Wildman–Crippen MR) is 93.0 cm³/mol. The minimum absolute atomic E-state index is 0.264. The van der Waals surface area contributed by atoms with Gasteiger partial charge in [-0.05, 0) is 24.6 Å². The van der Waals surface area contributed by atoms with E-state index in [-0.39, 0.29) is 11.9 Å². The highest BCUT2D eigenvalue weighted by atomic mass is 16.5. The number of carbonyl (C=O) groups excluding carboxylic acids is 2. The molecule has 2 aromatic heterocycles. The zero-order valence-electron chi connectivity index (χ0n) is 14.0. The lowest BCUT2D eigenvalue weighted by Gasteiger charge is -2.24. The van der Waals surface area contributed by atoms with Crippen molar-refractivity contribution in [1.29, 1.82) is 0 Å². The number of aromatic nitrogens is 2. The zero-order valence-corrected chi connectivity index (χ0v) is 14.0. The van der Waals surface area contributed by atoms with Crippen molar-refractivity contribution in [3.8, 4) is 0 Å². The van der Waals surface area contributed by atoms with E-state index in [2.05, 4.69) is 10.3 Å². The Labute approximate surface area is 145 Å². The van der Waals surface area contributed by atoms with E-state index >= 15 is 0 Å². The van der Waals surface area contributed by atoms with E-state index in [1.54, 1.807) is 42.0 Å². The van der Waals surface area contributed by atoms with Crippen LogP contribution in [0.5, 0.6) is 0 Å². The number of fused-ring (bicyclic) bond motifs is 1. The van der Waals surface area contributed by atoms with E-state index in [1.807, 2.05) is 30.3 Å². The SMILES string of the molecule is COC(=O)C(C)C(NC(=O)c1ccc2nccn2c1)c1ccccc1. The Morgan fingerprint density at radius 1 is 1.16 bits per heavy atom. The van der Waals surface area contributed by atoms with Gasteiger partial charge in [-0.1, -0.05) is 30.3 Å². The highest BCUT2D eigenvalue weighted by molar-refractivity contribution is 5.94. The molecule has 0 fully saturated rings. The molecule has 2 heterocycles. The molecule has 3 rings (SSSR count). The van der Waals surface area contributed by atoms with Gasteiger partial charge in [-0.15, -0.1) is 0 Å². The minimum atomic E-state index is -0.520. The molecule has 2 atom stereocenters. The first kappa shape index (κ1) is 16.7. The van der Waals surface area contributed by atoms with Crippen molar-refractivity contribution in [2.24, 2.45) is 5.92 Å². The molecule has 0 spiro atoms. The highest BCUT2D eigenvalue weighted by Gasteiger charge is 2.28. The molecule has 6 nitrogen and oxygen atoms in total. The zero-order chi connectivity index (χ0) is 17.8. The van der Waals surface area contributed by atoms with Crippen LogP contribution in [-0.2, 0) is 9.53 Å². The average molecular weight is 337 g/mol. The standard InChI is InChI=1S/C19H19N3O3/c1-13(19(24)25-2)17(14-6-4-3-5-7-14)21-18(23)15-8-9-16-20-10-11-22(16)12-15/h3-13,17H,1-2H3,(H,21,23). The van der Waals surface area contributed by atoms with Crippen LogP contribution in [0.4, 0.5) is 0 Å². The summed E-state index contributed by atoms with van der Waals surface area (Å²) in [5, 5.41) is 2.95. The van der Waals surface area contributed by atoms with Gasteiger partial charge in [0.1, 0.15) is 5.65 Å². The lowest BCUT2D eigenvalue weighted by molar-refractivity contribution is -0.145. The second kappa shape index (κ2) is 7.17. The number of imidazole rings is 1. The summed E-state index contributed by atoms with van der Waals surface area (Å²) in [5.74, 6) is -1.16. The molecule has 2 unspecified atom stereocenters. The Morgan fingerprint density at radius 3 is 2.64 bits per heavy atom. The Balaban J connectivity index is 1.88. The summed E-state index contributed by atoms with van der Waals surface area (Å²) in [6.45, 7) is 1.74. The van der Waals surface area contributed by atoms with E-state index in [9.17, 15) is 9.59 Å². The molecule has 1 aromatic carbocycles. The molecule has 6 heteroatoms. The summed E-state index contributed by atoms with van der Waals surface area (Å²) in [6.07, 6.45) is 5.16. The Morgan fingerprint density at radius 2 is 1.92 bits per heavy atom. The van der Waals surface area contributed by atoms with Gasteiger partial charge in [0, 0.05) is 18.6 Å². The molecule has 3 aromatic rings. The van der Waals surface area contributed by atoms with Crippen LogP contribution in [0.25, 0.3) is 5.65 Å². The van der Waals surface area contributed by atoms with Crippen molar-refractivity contribution in [2.75, 3.05) is 7.11 Å². The number of nitrogens with one attached hydrogen (secondary N) is 1. The van der Waals surface area contributed by atoms with Crippen molar-refractivity contribution in [3.05, 3.63) is 72.2 Å².